The number of benzene rings is 2. The van der Waals surface area contributed by atoms with Crippen LogP contribution in [0.5, 0.6) is 0 Å². The zero-order chi connectivity index (χ0) is 14.4. The topological polar surface area (TPSA) is 109 Å². The number of nitrogens with one attached hydrogen (secondary N) is 1. The van der Waals surface area contributed by atoms with Gasteiger partial charge in [0.15, 0.2) is 5.78 Å². The Balaban J connectivity index is 0.00000121. The van der Waals surface area contributed by atoms with Gasteiger partial charge in [-0.2, -0.15) is 0 Å². The van der Waals surface area contributed by atoms with Gasteiger partial charge in [0, 0.05) is 33.2 Å². The van der Waals surface area contributed by atoms with Crippen molar-refractivity contribution < 1.29 is 83.7 Å². The van der Waals surface area contributed by atoms with E-state index in [1.165, 1.54) is 24.3 Å². The second-order valence-corrected chi connectivity index (χ2v) is 4.42. The smallest absolute Gasteiger partial charge is 0.545 e. The van der Waals surface area contributed by atoms with Gasteiger partial charge in [0.1, 0.15) is 0 Å². The van der Waals surface area contributed by atoms with E-state index < -0.39 is 11.9 Å². The summed E-state index contributed by atoms with van der Waals surface area (Å²) in [5.74, 6) is -3.24. The van der Waals surface area contributed by atoms with Crippen LogP contribution in [-0.4, -0.2) is 24.3 Å². The van der Waals surface area contributed by atoms with Crippen molar-refractivity contribution in [2.45, 2.75) is 0 Å². The fourth-order valence-corrected chi connectivity index (χ4v) is 2.49. The van der Waals surface area contributed by atoms with Crippen LogP contribution in [0.2, 0.25) is 0 Å². The predicted molar refractivity (Wildman–Crippen MR) is 65.4 cm³/mol. The van der Waals surface area contributed by atoms with Crippen LogP contribution in [-0.2, 0) is 0 Å². The number of hydrogen-bond donors (Lipinski definition) is 1. The van der Waals surface area contributed by atoms with Crippen molar-refractivity contribution in [3.63, 3.8) is 0 Å². The molecule has 3 rings (SSSR count). The van der Waals surface area contributed by atoms with E-state index in [1.54, 1.807) is 0 Å². The first-order valence-electron chi connectivity index (χ1n) is 5.80. The van der Waals surface area contributed by atoms with Crippen LogP contribution in [0.3, 0.4) is 0 Å². The molecular formula is C14H7NNa2O5. The van der Waals surface area contributed by atoms with E-state index in [1.807, 2.05) is 0 Å². The van der Waals surface area contributed by atoms with Crippen molar-refractivity contribution in [1.29, 1.82) is 0 Å². The Kier molecular flexibility index (Phi) is 6.20. The Morgan fingerprint density at radius 3 is 2.00 bits per heavy atom. The minimum Gasteiger partial charge on any atom is -0.545 e. The summed E-state index contributed by atoms with van der Waals surface area (Å²) in [5, 5.41) is 25.4. The van der Waals surface area contributed by atoms with Gasteiger partial charge >= 0.3 is 59.1 Å². The summed E-state index contributed by atoms with van der Waals surface area (Å²) in [5.41, 5.74) is 0.257. The number of carbonyl (C=O) groups is 3. The standard InChI is InChI=1S/C14H9NO5.2Na/c16-10-5-15-9-4-3-8(14(19)20)11-7(13(17)18)2-1-6(10)12(9)11;;/h1-4,15H,5H2,(H,17,18)(H,19,20);;/q;2*+1/p-2. The van der Waals surface area contributed by atoms with Crippen molar-refractivity contribution in [3.8, 4) is 0 Å². The fourth-order valence-electron chi connectivity index (χ4n) is 2.49. The van der Waals surface area contributed by atoms with Crippen molar-refractivity contribution in [1.82, 2.24) is 0 Å². The fraction of sp³-hybridized carbons (Fsp3) is 0.0714. The van der Waals surface area contributed by atoms with E-state index in [9.17, 15) is 24.6 Å². The largest absolute Gasteiger partial charge is 1.00 e. The minimum atomic E-state index is -1.51. The maximum atomic E-state index is 11.8. The number of hydrogen-bond acceptors (Lipinski definition) is 6. The van der Waals surface area contributed by atoms with Crippen molar-refractivity contribution in [3.05, 3.63) is 41.0 Å². The SMILES string of the molecule is O=C1CNc2ccc(C(=O)[O-])c3c(C(=O)[O-])ccc1c23.[Na+].[Na+]. The van der Waals surface area contributed by atoms with Gasteiger partial charge < -0.3 is 25.1 Å². The van der Waals surface area contributed by atoms with Crippen molar-refractivity contribution in [2.75, 3.05) is 11.9 Å². The monoisotopic (exact) mass is 315 g/mol. The molecule has 1 N–H and O–H groups in total. The molecule has 0 saturated heterocycles. The molecule has 0 aromatic heterocycles. The third-order valence-electron chi connectivity index (χ3n) is 3.34. The first-order valence-corrected chi connectivity index (χ1v) is 5.80. The Morgan fingerprint density at radius 1 is 0.909 bits per heavy atom. The summed E-state index contributed by atoms with van der Waals surface area (Å²) in [4.78, 5) is 34.2. The maximum absolute atomic E-state index is 11.8. The van der Waals surface area contributed by atoms with Gasteiger partial charge in [0.05, 0.1) is 18.5 Å². The van der Waals surface area contributed by atoms with E-state index in [0.29, 0.717) is 11.3 Å². The predicted octanol–water partition coefficient (Wildman–Crippen LogP) is -6.82. The molecule has 1 aliphatic rings. The summed E-state index contributed by atoms with van der Waals surface area (Å²) >= 11 is 0. The Hall–Kier alpha value is -0.890. The number of rotatable bonds is 2. The van der Waals surface area contributed by atoms with E-state index in [4.69, 9.17) is 0 Å². The molecule has 1 aliphatic heterocycles. The van der Waals surface area contributed by atoms with Gasteiger partial charge in [0.25, 0.3) is 0 Å². The number of carboxylic acids is 2. The summed E-state index contributed by atoms with van der Waals surface area (Å²) < 4.78 is 0. The average Bonchev–Trinajstić information content (AvgIpc) is 2.41. The third kappa shape index (κ3) is 2.95. The molecule has 2 aromatic carbocycles. The van der Waals surface area contributed by atoms with Crippen LogP contribution < -0.4 is 74.6 Å². The number of carbonyl (C=O) groups excluding carboxylic acids is 3. The molecule has 0 saturated carbocycles. The average molecular weight is 315 g/mol. The summed E-state index contributed by atoms with van der Waals surface area (Å²) in [6, 6.07) is 5.31. The zero-order valence-electron chi connectivity index (χ0n) is 12.1. The molecule has 0 atom stereocenters. The molecular weight excluding hydrogens is 308 g/mol. The van der Waals surface area contributed by atoms with Crippen molar-refractivity contribution >= 4 is 34.2 Å². The van der Waals surface area contributed by atoms with Crippen molar-refractivity contribution in [2.24, 2.45) is 0 Å². The van der Waals surface area contributed by atoms with Crippen LogP contribution in [0.25, 0.3) is 10.8 Å². The van der Waals surface area contributed by atoms with Crippen LogP contribution in [0.1, 0.15) is 31.1 Å². The minimum absolute atomic E-state index is 0. The number of anilines is 1. The molecule has 0 radical (unpaired) electrons. The second-order valence-electron chi connectivity index (χ2n) is 4.42. The molecule has 100 valence electrons. The quantitative estimate of drug-likeness (QED) is 0.552. The first kappa shape index (κ1) is 19.2. The van der Waals surface area contributed by atoms with Gasteiger partial charge in [-0.3, -0.25) is 4.79 Å². The molecule has 1 heterocycles. The normalized spacial score (nSPS) is 11.9. The van der Waals surface area contributed by atoms with Gasteiger partial charge in [-0.25, -0.2) is 0 Å². The number of Topliss-reactive ketones (excluding diaryl/α,β-unsaturated/α-hetero) is 1. The number of aromatic carboxylic acids is 2. The van der Waals surface area contributed by atoms with Gasteiger partial charge in [-0.15, -0.1) is 0 Å². The molecule has 0 aliphatic carbocycles. The van der Waals surface area contributed by atoms with E-state index >= 15 is 0 Å². The molecule has 22 heavy (non-hydrogen) atoms. The summed E-state index contributed by atoms with van der Waals surface area (Å²) in [6.45, 7) is 0.0808. The Labute approximate surface area is 169 Å². The number of ketones is 1. The molecule has 8 heteroatoms. The van der Waals surface area contributed by atoms with Gasteiger partial charge in [-0.1, -0.05) is 12.1 Å². The van der Waals surface area contributed by atoms with Crippen LogP contribution in [0.4, 0.5) is 5.69 Å². The maximum Gasteiger partial charge on any atom is 1.00 e. The third-order valence-corrected chi connectivity index (χ3v) is 3.34. The van der Waals surface area contributed by atoms with E-state index in [2.05, 4.69) is 5.32 Å². The molecule has 0 bridgehead atoms. The molecule has 2 aromatic rings. The summed E-state index contributed by atoms with van der Waals surface area (Å²) in [7, 11) is 0. The molecule has 6 nitrogen and oxygen atoms in total. The Morgan fingerprint density at radius 2 is 1.45 bits per heavy atom. The van der Waals surface area contributed by atoms with E-state index in [0.717, 1.165) is 0 Å². The first-order chi connectivity index (χ1) is 9.50. The van der Waals surface area contributed by atoms with Crippen LogP contribution >= 0.6 is 0 Å². The van der Waals surface area contributed by atoms with Crippen LogP contribution in [0, 0.1) is 0 Å². The molecule has 0 unspecified atom stereocenters. The zero-order valence-corrected chi connectivity index (χ0v) is 16.1. The van der Waals surface area contributed by atoms with Gasteiger partial charge in [-0.05, 0) is 12.1 Å². The van der Waals surface area contributed by atoms with Gasteiger partial charge in [0.2, 0.25) is 0 Å². The molecule has 0 amide bonds. The number of carboxylic acid groups (broad SMARTS) is 2. The van der Waals surface area contributed by atoms with E-state index in [-0.39, 0.29) is 93.3 Å². The second kappa shape index (κ2) is 7.12. The summed E-state index contributed by atoms with van der Waals surface area (Å²) in [6.07, 6.45) is 0. The van der Waals surface area contributed by atoms with Crippen LogP contribution in [0.15, 0.2) is 24.3 Å². The Bertz CT molecular complexity index is 783. The molecule has 0 spiro atoms. The molecule has 0 fully saturated rings.